The number of nitrogens with zero attached hydrogens (tertiary/aromatic N) is 2. The molecule has 2 aromatic rings. The quantitative estimate of drug-likeness (QED) is 0.255. The molecule has 3 rings (SSSR count). The molecule has 0 saturated heterocycles. The van der Waals surface area contributed by atoms with E-state index in [-0.39, 0.29) is 17.3 Å². The lowest BCUT2D eigenvalue weighted by molar-refractivity contribution is -0.385. The summed E-state index contributed by atoms with van der Waals surface area (Å²) in [5.41, 5.74) is 1.64. The fourth-order valence-corrected chi connectivity index (χ4v) is 2.48. The van der Waals surface area contributed by atoms with Crippen LogP contribution in [0.1, 0.15) is 16.7 Å². The minimum absolute atomic E-state index is 0.0356. The maximum Gasteiger partial charge on any atom is 0.363 e. The summed E-state index contributed by atoms with van der Waals surface area (Å²) in [7, 11) is 0. The number of carbonyl (C=O) groups excluding carboxylic acids is 1. The van der Waals surface area contributed by atoms with Gasteiger partial charge in [-0.05, 0) is 36.8 Å². The molecule has 7 nitrogen and oxygen atoms in total. The lowest BCUT2D eigenvalue weighted by atomic mass is 10.1. The van der Waals surface area contributed by atoms with Crippen molar-refractivity contribution in [3.8, 4) is 5.75 Å². The molecule has 27 heavy (non-hydrogen) atoms. The number of hydrogen-bond acceptors (Lipinski definition) is 6. The summed E-state index contributed by atoms with van der Waals surface area (Å²) in [6.07, 6.45) is 3.20. The van der Waals surface area contributed by atoms with Crippen molar-refractivity contribution in [2.75, 3.05) is 6.61 Å². The number of hydrogen-bond donors (Lipinski definition) is 0. The molecular formula is C20H16N2O5. The Hall–Kier alpha value is -3.74. The summed E-state index contributed by atoms with van der Waals surface area (Å²) in [6, 6.07) is 11.7. The zero-order valence-electron chi connectivity index (χ0n) is 14.5. The Morgan fingerprint density at radius 3 is 2.85 bits per heavy atom. The highest BCUT2D eigenvalue weighted by Crippen LogP contribution is 2.24. The van der Waals surface area contributed by atoms with Gasteiger partial charge in [0, 0.05) is 17.2 Å². The van der Waals surface area contributed by atoms with Crippen molar-refractivity contribution in [3.05, 3.63) is 87.6 Å². The first-order valence-corrected chi connectivity index (χ1v) is 8.09. The molecule has 7 heteroatoms. The van der Waals surface area contributed by atoms with Crippen LogP contribution in [0.15, 0.2) is 65.8 Å². The Balaban J connectivity index is 1.90. The van der Waals surface area contributed by atoms with Gasteiger partial charge in [0.05, 0.1) is 4.92 Å². The molecular weight excluding hydrogens is 348 g/mol. The van der Waals surface area contributed by atoms with Gasteiger partial charge in [-0.3, -0.25) is 10.1 Å². The zero-order chi connectivity index (χ0) is 19.4. The number of ether oxygens (including phenoxy) is 2. The van der Waals surface area contributed by atoms with Gasteiger partial charge in [0.25, 0.3) is 5.69 Å². The molecule has 1 aliphatic rings. The first-order valence-electron chi connectivity index (χ1n) is 8.09. The molecule has 0 aromatic heterocycles. The summed E-state index contributed by atoms with van der Waals surface area (Å²) >= 11 is 0. The van der Waals surface area contributed by atoms with E-state index >= 15 is 0 Å². The van der Waals surface area contributed by atoms with E-state index in [9.17, 15) is 14.9 Å². The molecule has 136 valence electrons. The number of rotatable bonds is 6. The van der Waals surface area contributed by atoms with Gasteiger partial charge in [-0.25, -0.2) is 9.79 Å². The van der Waals surface area contributed by atoms with Crippen molar-refractivity contribution in [1.29, 1.82) is 0 Å². The zero-order valence-corrected chi connectivity index (χ0v) is 14.5. The fraction of sp³-hybridized carbons (Fsp3) is 0.100. The second kappa shape index (κ2) is 7.65. The van der Waals surface area contributed by atoms with Crippen LogP contribution >= 0.6 is 0 Å². The molecule has 0 radical (unpaired) electrons. The summed E-state index contributed by atoms with van der Waals surface area (Å²) in [5, 5.41) is 11.1. The molecule has 0 N–H and O–H groups in total. The maximum atomic E-state index is 12.1. The Kier molecular flexibility index (Phi) is 5.12. The summed E-state index contributed by atoms with van der Waals surface area (Å²) in [6.45, 7) is 5.60. The molecule has 0 fully saturated rings. The van der Waals surface area contributed by atoms with E-state index in [1.807, 2.05) is 0 Å². The molecule has 0 unspecified atom stereocenters. The predicted octanol–water partition coefficient (Wildman–Crippen LogP) is 3.81. The second-order valence-electron chi connectivity index (χ2n) is 5.77. The van der Waals surface area contributed by atoms with Gasteiger partial charge < -0.3 is 9.47 Å². The standard InChI is InChI=1S/C20H16N2O5/c1-3-9-26-16-6-4-5-14(10-16)11-17-20(23)27-19(21-17)15-8-7-13(2)18(12-15)22(24)25/h3-8,10-12H,1,9H2,2H3. The third-order valence-corrected chi connectivity index (χ3v) is 3.80. The maximum absolute atomic E-state index is 12.1. The highest BCUT2D eigenvalue weighted by atomic mass is 16.6. The van der Waals surface area contributed by atoms with Crippen LogP contribution in [0, 0.1) is 17.0 Å². The number of nitro benzene ring substituents is 1. The summed E-state index contributed by atoms with van der Waals surface area (Å²) in [5.74, 6) is 0.0491. The number of aliphatic imine (C=N–C) groups is 1. The molecule has 0 saturated carbocycles. The lowest BCUT2D eigenvalue weighted by Gasteiger charge is -2.03. The van der Waals surface area contributed by atoms with Crippen molar-refractivity contribution in [1.82, 2.24) is 0 Å². The first kappa shape index (κ1) is 18.1. The third-order valence-electron chi connectivity index (χ3n) is 3.80. The number of cyclic esters (lactones) is 1. The Morgan fingerprint density at radius 1 is 1.30 bits per heavy atom. The number of aryl methyl sites for hydroxylation is 1. The molecule has 0 atom stereocenters. The molecule has 0 amide bonds. The highest BCUT2D eigenvalue weighted by Gasteiger charge is 2.25. The summed E-state index contributed by atoms with van der Waals surface area (Å²) < 4.78 is 10.6. The average molecular weight is 364 g/mol. The van der Waals surface area contributed by atoms with Crippen LogP contribution in [0.3, 0.4) is 0 Å². The van der Waals surface area contributed by atoms with Crippen molar-refractivity contribution in [2.24, 2.45) is 4.99 Å². The third kappa shape index (κ3) is 4.09. The largest absolute Gasteiger partial charge is 0.490 e. The fourth-order valence-electron chi connectivity index (χ4n) is 2.48. The van der Waals surface area contributed by atoms with Crippen LogP contribution < -0.4 is 4.74 Å². The van der Waals surface area contributed by atoms with Crippen molar-refractivity contribution < 1.29 is 19.2 Å². The van der Waals surface area contributed by atoms with Crippen molar-refractivity contribution >= 4 is 23.6 Å². The average Bonchev–Trinajstić information content (AvgIpc) is 3.01. The first-order chi connectivity index (χ1) is 13.0. The number of nitro groups is 1. The smallest absolute Gasteiger partial charge is 0.363 e. The van der Waals surface area contributed by atoms with Gasteiger partial charge in [-0.1, -0.05) is 30.9 Å². The van der Waals surface area contributed by atoms with E-state index in [2.05, 4.69) is 11.6 Å². The van der Waals surface area contributed by atoms with Crippen molar-refractivity contribution in [2.45, 2.75) is 6.92 Å². The van der Waals surface area contributed by atoms with E-state index in [1.165, 1.54) is 6.07 Å². The Labute approximate surface area is 155 Å². The van der Waals surface area contributed by atoms with E-state index in [0.717, 1.165) is 0 Å². The van der Waals surface area contributed by atoms with Gasteiger partial charge in [0.1, 0.15) is 12.4 Å². The minimum atomic E-state index is -0.620. The molecule has 0 bridgehead atoms. The molecule has 0 spiro atoms. The Bertz CT molecular complexity index is 992. The minimum Gasteiger partial charge on any atom is -0.490 e. The molecule has 2 aromatic carbocycles. The lowest BCUT2D eigenvalue weighted by Crippen LogP contribution is -2.06. The van der Waals surface area contributed by atoms with Crippen LogP contribution in [0.5, 0.6) is 5.75 Å². The SMILES string of the molecule is C=CCOc1cccc(C=C2N=C(c3ccc(C)c([N+](=O)[O-])c3)OC2=O)c1. The van der Waals surface area contributed by atoms with Crippen LogP contribution in [0.2, 0.25) is 0 Å². The number of carbonyl (C=O) groups is 1. The van der Waals surface area contributed by atoms with Crippen LogP contribution in [-0.4, -0.2) is 23.4 Å². The van der Waals surface area contributed by atoms with Gasteiger partial charge >= 0.3 is 5.97 Å². The van der Waals surface area contributed by atoms with E-state index in [4.69, 9.17) is 9.47 Å². The van der Waals surface area contributed by atoms with Gasteiger partial charge in [-0.15, -0.1) is 0 Å². The van der Waals surface area contributed by atoms with Crippen LogP contribution in [-0.2, 0) is 9.53 Å². The van der Waals surface area contributed by atoms with Crippen LogP contribution in [0.25, 0.3) is 6.08 Å². The van der Waals surface area contributed by atoms with Crippen molar-refractivity contribution in [3.63, 3.8) is 0 Å². The van der Waals surface area contributed by atoms with Crippen LogP contribution in [0.4, 0.5) is 5.69 Å². The topological polar surface area (TPSA) is 91.0 Å². The van der Waals surface area contributed by atoms with Gasteiger partial charge in [-0.2, -0.15) is 0 Å². The van der Waals surface area contributed by atoms with E-state index in [1.54, 1.807) is 55.5 Å². The highest BCUT2D eigenvalue weighted by molar-refractivity contribution is 6.13. The molecule has 1 heterocycles. The molecule has 1 aliphatic heterocycles. The predicted molar refractivity (Wildman–Crippen MR) is 101 cm³/mol. The van der Waals surface area contributed by atoms with Gasteiger partial charge in [0.15, 0.2) is 5.70 Å². The molecule has 0 aliphatic carbocycles. The van der Waals surface area contributed by atoms with E-state index in [0.29, 0.717) is 29.0 Å². The Morgan fingerprint density at radius 2 is 2.11 bits per heavy atom. The monoisotopic (exact) mass is 364 g/mol. The van der Waals surface area contributed by atoms with Gasteiger partial charge in [0.2, 0.25) is 5.90 Å². The second-order valence-corrected chi connectivity index (χ2v) is 5.77. The number of benzene rings is 2. The normalized spacial score (nSPS) is 14.6. The van der Waals surface area contributed by atoms with E-state index < -0.39 is 10.9 Å². The summed E-state index contributed by atoms with van der Waals surface area (Å²) in [4.78, 5) is 26.9. The number of esters is 1.